The van der Waals surface area contributed by atoms with Crippen LogP contribution in [0.1, 0.15) is 16.7 Å². The van der Waals surface area contributed by atoms with E-state index in [1.807, 2.05) is 205 Å². The summed E-state index contributed by atoms with van der Waals surface area (Å²) < 4.78 is 92.1. The number of para-hydroxylation sites is 6. The zero-order valence-corrected chi connectivity index (χ0v) is 39.0. The molecule has 5 nitrogen and oxygen atoms in total. The fourth-order valence-electron chi connectivity index (χ4n) is 10.4. The van der Waals surface area contributed by atoms with Gasteiger partial charge in [-0.25, -0.2) is 0 Å². The Morgan fingerprint density at radius 2 is 0.730 bits per heavy atom. The van der Waals surface area contributed by atoms with E-state index < -0.39 is 23.5 Å². The van der Waals surface area contributed by atoms with E-state index in [9.17, 15) is 31.6 Å². The molecule has 74 heavy (non-hydrogen) atoms. The van der Waals surface area contributed by atoms with Crippen molar-refractivity contribution in [1.82, 2.24) is 9.13 Å². The first-order chi connectivity index (χ1) is 36.0. The highest BCUT2D eigenvalue weighted by molar-refractivity contribution is 6.13. The predicted octanol–water partition coefficient (Wildman–Crippen LogP) is 18.4. The van der Waals surface area contributed by atoms with Crippen molar-refractivity contribution < 1.29 is 26.3 Å². The van der Waals surface area contributed by atoms with Crippen molar-refractivity contribution in [3.8, 4) is 28.6 Å². The molecule has 0 radical (unpaired) electrons. The van der Waals surface area contributed by atoms with Gasteiger partial charge in [-0.05, 0) is 127 Å². The molecule has 0 aliphatic rings. The first kappa shape index (κ1) is 45.6. The maximum Gasteiger partial charge on any atom is 0.416 e. The molecule has 12 rings (SSSR count). The molecule has 0 amide bonds. The number of alkyl halides is 6. The molecule has 10 aromatic carbocycles. The van der Waals surface area contributed by atoms with Crippen molar-refractivity contribution in [2.24, 2.45) is 0 Å². The van der Waals surface area contributed by atoms with Gasteiger partial charge in [-0.1, -0.05) is 115 Å². The lowest BCUT2D eigenvalue weighted by Gasteiger charge is -2.26. The molecule has 0 aliphatic heterocycles. The summed E-state index contributed by atoms with van der Waals surface area (Å²) in [5.74, 6) is 0. The molecule has 0 saturated carbocycles. The summed E-state index contributed by atoms with van der Waals surface area (Å²) in [6.45, 7) is 0. The molecule has 0 saturated heterocycles. The molecule has 0 N–H and O–H groups in total. The van der Waals surface area contributed by atoms with Gasteiger partial charge in [0.2, 0.25) is 0 Å². The molecular weight excluding hydrogens is 941 g/mol. The van der Waals surface area contributed by atoms with Gasteiger partial charge in [-0.15, -0.1) is 0 Å². The molecule has 0 fully saturated rings. The van der Waals surface area contributed by atoms with E-state index in [1.54, 1.807) is 10.6 Å². The van der Waals surface area contributed by atoms with Crippen LogP contribution in [0.3, 0.4) is 0 Å². The van der Waals surface area contributed by atoms with Gasteiger partial charge in [-0.2, -0.15) is 31.6 Å². The summed E-state index contributed by atoms with van der Waals surface area (Å²) in [4.78, 5) is 4.25. The Morgan fingerprint density at radius 1 is 0.351 bits per heavy atom. The summed E-state index contributed by atoms with van der Waals surface area (Å²) in [6, 6.07) is 73.9. The summed E-state index contributed by atoms with van der Waals surface area (Å²) in [5.41, 5.74) is 5.11. The van der Waals surface area contributed by atoms with Crippen LogP contribution in [0.2, 0.25) is 0 Å². The lowest BCUT2D eigenvalue weighted by Crippen LogP contribution is -2.12. The monoisotopic (exact) mass is 979 g/mol. The number of hydrogen-bond donors (Lipinski definition) is 0. The second kappa shape index (κ2) is 17.9. The Hall–Kier alpha value is -9.53. The largest absolute Gasteiger partial charge is 0.416 e. The third kappa shape index (κ3) is 7.84. The van der Waals surface area contributed by atoms with Gasteiger partial charge in [0.15, 0.2) is 0 Å². The SMILES string of the molecule is N#Cc1c(-n2c3ccccc3c3cc(N(c4ccccc4)c4ccccc4)ccc32)ccc(-c2cc(C(F)(F)F)cc(C(F)(F)F)c2)c1-n1c2ccccc2c2cc(N(c3ccccc3)c3ccccc3)ccc21. The number of nitriles is 1. The average molecular weight is 980 g/mol. The number of hydrogen-bond acceptors (Lipinski definition) is 3. The van der Waals surface area contributed by atoms with Crippen molar-refractivity contribution in [2.45, 2.75) is 12.4 Å². The van der Waals surface area contributed by atoms with Crippen molar-refractivity contribution in [2.75, 3.05) is 9.80 Å². The number of fused-ring (bicyclic) bond motifs is 6. The highest BCUT2D eigenvalue weighted by Gasteiger charge is 2.38. The quantitative estimate of drug-likeness (QED) is 0.135. The Labute approximate surface area is 420 Å². The maximum atomic E-state index is 14.7. The molecular formula is C63H39F6N5. The summed E-state index contributed by atoms with van der Waals surface area (Å²) in [5, 5.41) is 14.9. The van der Waals surface area contributed by atoms with E-state index in [4.69, 9.17) is 0 Å². The Kier molecular flexibility index (Phi) is 11.1. The molecule has 0 atom stereocenters. The van der Waals surface area contributed by atoms with E-state index >= 15 is 0 Å². The summed E-state index contributed by atoms with van der Waals surface area (Å²) >= 11 is 0. The minimum absolute atomic E-state index is 0.00625. The van der Waals surface area contributed by atoms with Crippen molar-refractivity contribution in [3.05, 3.63) is 253 Å². The molecule has 0 bridgehead atoms. The topological polar surface area (TPSA) is 40.1 Å². The van der Waals surface area contributed by atoms with Crippen molar-refractivity contribution in [1.29, 1.82) is 5.26 Å². The minimum Gasteiger partial charge on any atom is -0.310 e. The highest BCUT2D eigenvalue weighted by Crippen LogP contribution is 2.47. The molecule has 2 heterocycles. The maximum absolute atomic E-state index is 14.7. The van der Waals surface area contributed by atoms with Crippen LogP contribution in [0.5, 0.6) is 0 Å². The van der Waals surface area contributed by atoms with E-state index in [0.29, 0.717) is 16.7 Å². The standard InChI is InChI=1S/C63H39F6N5/c64-62(65,66)42-35-41(36-43(37-42)63(67,68)69)50-31-34-60(73-56-27-15-13-25-51(56)53-38-48(29-32-58(53)73)71(44-17-5-1-6-18-44)45-19-7-2-8-20-45)55(40-70)61(50)74-57-28-16-14-26-52(57)54-39-49(30-33-59(54)74)72(46-21-9-3-10-22-46)47-23-11-4-12-24-47/h1-39H. The van der Waals surface area contributed by atoms with Crippen LogP contribution < -0.4 is 9.80 Å². The lowest BCUT2D eigenvalue weighted by atomic mass is 9.94. The van der Waals surface area contributed by atoms with Crippen LogP contribution in [-0.4, -0.2) is 9.13 Å². The first-order valence-electron chi connectivity index (χ1n) is 23.7. The zero-order chi connectivity index (χ0) is 50.7. The lowest BCUT2D eigenvalue weighted by molar-refractivity contribution is -0.143. The number of rotatable bonds is 9. The van der Waals surface area contributed by atoms with Gasteiger partial charge in [-0.3, -0.25) is 0 Å². The van der Waals surface area contributed by atoms with E-state index in [1.165, 1.54) is 6.07 Å². The molecule has 2 aromatic heterocycles. The smallest absolute Gasteiger partial charge is 0.310 e. The van der Waals surface area contributed by atoms with Crippen molar-refractivity contribution >= 4 is 77.7 Å². The first-order valence-corrected chi connectivity index (χ1v) is 23.7. The predicted molar refractivity (Wildman–Crippen MR) is 285 cm³/mol. The fourth-order valence-corrected chi connectivity index (χ4v) is 10.4. The third-order valence-corrected chi connectivity index (χ3v) is 13.5. The Morgan fingerprint density at radius 3 is 1.15 bits per heavy atom. The van der Waals surface area contributed by atoms with Gasteiger partial charge >= 0.3 is 12.4 Å². The number of anilines is 6. The number of halogens is 6. The van der Waals surface area contributed by atoms with Gasteiger partial charge in [0.25, 0.3) is 0 Å². The van der Waals surface area contributed by atoms with Gasteiger partial charge in [0, 0.05) is 61.2 Å². The number of nitrogens with zero attached hydrogens (tertiary/aromatic N) is 5. The van der Waals surface area contributed by atoms with E-state index in [2.05, 4.69) is 21.9 Å². The Balaban J connectivity index is 1.16. The molecule has 358 valence electrons. The fraction of sp³-hybridized carbons (Fsp3) is 0.0317. The molecule has 0 aliphatic carbocycles. The van der Waals surface area contributed by atoms with Crippen LogP contribution in [0.25, 0.3) is 66.1 Å². The van der Waals surface area contributed by atoms with Crippen LogP contribution in [-0.2, 0) is 12.4 Å². The molecule has 12 aromatic rings. The normalized spacial score (nSPS) is 11.9. The summed E-state index contributed by atoms with van der Waals surface area (Å²) in [6.07, 6.45) is -10.3. The second-order valence-electron chi connectivity index (χ2n) is 17.9. The van der Waals surface area contributed by atoms with E-state index in [-0.39, 0.29) is 28.4 Å². The highest BCUT2D eigenvalue weighted by atomic mass is 19.4. The van der Waals surface area contributed by atoms with E-state index in [0.717, 1.165) is 78.8 Å². The third-order valence-electron chi connectivity index (χ3n) is 13.5. The van der Waals surface area contributed by atoms with Crippen LogP contribution in [0.15, 0.2) is 237 Å². The van der Waals surface area contributed by atoms with Crippen LogP contribution >= 0.6 is 0 Å². The number of benzene rings is 10. The van der Waals surface area contributed by atoms with Crippen molar-refractivity contribution in [3.63, 3.8) is 0 Å². The van der Waals surface area contributed by atoms with Crippen LogP contribution in [0, 0.1) is 11.3 Å². The molecule has 0 spiro atoms. The molecule has 11 heteroatoms. The Bertz CT molecular complexity index is 4010. The zero-order valence-electron chi connectivity index (χ0n) is 39.0. The summed E-state index contributed by atoms with van der Waals surface area (Å²) in [7, 11) is 0. The number of aromatic nitrogens is 2. The van der Waals surface area contributed by atoms with Gasteiger partial charge in [0.05, 0.1) is 44.6 Å². The molecule has 0 unspecified atom stereocenters. The van der Waals surface area contributed by atoms with Crippen LogP contribution in [0.4, 0.5) is 60.5 Å². The van der Waals surface area contributed by atoms with Gasteiger partial charge in [0.1, 0.15) is 11.6 Å². The average Bonchev–Trinajstić information content (AvgIpc) is 3.94. The second-order valence-corrected chi connectivity index (χ2v) is 17.9. The van der Waals surface area contributed by atoms with Gasteiger partial charge < -0.3 is 18.9 Å². The minimum atomic E-state index is -5.13.